The maximum Gasteiger partial charge on any atom is 0.276 e. The van der Waals surface area contributed by atoms with E-state index in [1.54, 1.807) is 30.3 Å². The maximum absolute atomic E-state index is 11.9. The van der Waals surface area contributed by atoms with Crippen molar-refractivity contribution < 1.29 is 9.90 Å². The third-order valence-electron chi connectivity index (χ3n) is 2.52. The highest BCUT2D eigenvalue weighted by atomic mass is 32.1. The number of likely N-dealkylation sites (N-methyl/N-ethyl adjacent to an activating group) is 1. The van der Waals surface area contributed by atoms with E-state index in [-0.39, 0.29) is 11.7 Å². The average Bonchev–Trinajstić information content (AvgIpc) is 2.57. The van der Waals surface area contributed by atoms with Crippen molar-refractivity contribution in [3.8, 4) is 5.75 Å². The van der Waals surface area contributed by atoms with Crippen molar-refractivity contribution >= 4 is 29.3 Å². The predicted molar refractivity (Wildman–Crippen MR) is 69.2 cm³/mol. The quantitative estimate of drug-likeness (QED) is 0.614. The van der Waals surface area contributed by atoms with Crippen LogP contribution in [0, 0.1) is 0 Å². The molecule has 4 nitrogen and oxygen atoms in total. The Balaban J connectivity index is 2.34. The van der Waals surface area contributed by atoms with Gasteiger partial charge in [0, 0.05) is 12.1 Å². The molecule has 1 aliphatic heterocycles. The number of nitrogens with zero attached hydrogens (tertiary/aromatic N) is 1. The van der Waals surface area contributed by atoms with Crippen LogP contribution in [-0.2, 0) is 4.79 Å². The molecular formula is C12H12N2O2S. The Morgan fingerprint density at radius 2 is 2.18 bits per heavy atom. The fraction of sp³-hybridized carbons (Fsp3) is 0.167. The lowest BCUT2D eigenvalue weighted by Gasteiger charge is -2.08. The number of carbonyl (C=O) groups is 1. The third kappa shape index (κ3) is 2.14. The Bertz CT molecular complexity index is 511. The second kappa shape index (κ2) is 4.55. The molecule has 0 radical (unpaired) electrons. The first-order chi connectivity index (χ1) is 8.13. The number of rotatable bonds is 2. The van der Waals surface area contributed by atoms with Crippen LogP contribution in [-0.4, -0.2) is 27.6 Å². The molecule has 88 valence electrons. The minimum atomic E-state index is -0.166. The number of thiocarbonyl (C=S) groups is 1. The Labute approximate surface area is 105 Å². The Hall–Kier alpha value is -1.88. The molecule has 0 saturated carbocycles. The number of para-hydroxylation sites is 1. The second-order valence-electron chi connectivity index (χ2n) is 3.60. The largest absolute Gasteiger partial charge is 0.507 e. The second-order valence-corrected chi connectivity index (χ2v) is 3.98. The monoisotopic (exact) mass is 248 g/mol. The van der Waals surface area contributed by atoms with Crippen molar-refractivity contribution in [1.29, 1.82) is 0 Å². The normalized spacial score (nSPS) is 17.7. The molecule has 0 unspecified atom stereocenters. The number of phenols is 1. The molecule has 1 fully saturated rings. The average molecular weight is 248 g/mol. The SMILES string of the molecule is CCN1C(=O)/C(=C/c2ccccc2O)NC1=S. The molecule has 1 saturated heterocycles. The van der Waals surface area contributed by atoms with Gasteiger partial charge in [0.05, 0.1) is 0 Å². The summed E-state index contributed by atoms with van der Waals surface area (Å²) < 4.78 is 0. The number of aromatic hydroxyl groups is 1. The summed E-state index contributed by atoms with van der Waals surface area (Å²) >= 11 is 5.03. The smallest absolute Gasteiger partial charge is 0.276 e. The number of hydrogen-bond acceptors (Lipinski definition) is 3. The molecule has 1 aliphatic rings. The highest BCUT2D eigenvalue weighted by molar-refractivity contribution is 7.80. The van der Waals surface area contributed by atoms with E-state index < -0.39 is 0 Å². The first-order valence-corrected chi connectivity index (χ1v) is 5.67. The van der Waals surface area contributed by atoms with Crippen LogP contribution in [0.5, 0.6) is 5.75 Å². The summed E-state index contributed by atoms with van der Waals surface area (Å²) in [4.78, 5) is 13.4. The van der Waals surface area contributed by atoms with Gasteiger partial charge in [0.1, 0.15) is 11.4 Å². The topological polar surface area (TPSA) is 52.6 Å². The van der Waals surface area contributed by atoms with Gasteiger partial charge in [-0.3, -0.25) is 9.69 Å². The van der Waals surface area contributed by atoms with Gasteiger partial charge in [-0.15, -0.1) is 0 Å². The Morgan fingerprint density at radius 3 is 2.76 bits per heavy atom. The Kier molecular flexibility index (Phi) is 3.10. The molecule has 0 bridgehead atoms. The first-order valence-electron chi connectivity index (χ1n) is 5.26. The summed E-state index contributed by atoms with van der Waals surface area (Å²) in [6.07, 6.45) is 1.60. The lowest BCUT2D eigenvalue weighted by molar-refractivity contribution is -0.122. The van der Waals surface area contributed by atoms with Gasteiger partial charge in [-0.25, -0.2) is 0 Å². The summed E-state index contributed by atoms with van der Waals surface area (Å²) in [5.74, 6) is -0.0313. The van der Waals surface area contributed by atoms with E-state index in [9.17, 15) is 9.90 Å². The van der Waals surface area contributed by atoms with E-state index in [0.717, 1.165) is 0 Å². The summed E-state index contributed by atoms with van der Waals surface area (Å²) in [6.45, 7) is 2.39. The van der Waals surface area contributed by atoms with Gasteiger partial charge in [0.25, 0.3) is 5.91 Å². The maximum atomic E-state index is 11.9. The summed E-state index contributed by atoms with van der Waals surface area (Å²) in [5, 5.41) is 12.9. The van der Waals surface area contributed by atoms with Crippen LogP contribution >= 0.6 is 12.2 Å². The molecule has 1 aromatic rings. The molecular weight excluding hydrogens is 236 g/mol. The van der Waals surface area contributed by atoms with Crippen molar-refractivity contribution in [3.05, 3.63) is 35.5 Å². The number of amides is 1. The first kappa shape index (κ1) is 11.6. The molecule has 1 amide bonds. The van der Waals surface area contributed by atoms with E-state index in [1.165, 1.54) is 4.90 Å². The highest BCUT2D eigenvalue weighted by Gasteiger charge is 2.29. The van der Waals surface area contributed by atoms with Gasteiger partial charge in [0.2, 0.25) is 0 Å². The third-order valence-corrected chi connectivity index (χ3v) is 2.84. The molecule has 0 aliphatic carbocycles. The van der Waals surface area contributed by atoms with E-state index in [0.29, 0.717) is 22.9 Å². The number of nitrogens with one attached hydrogen (secondary N) is 1. The van der Waals surface area contributed by atoms with Crippen LogP contribution in [0.3, 0.4) is 0 Å². The zero-order chi connectivity index (χ0) is 12.4. The Morgan fingerprint density at radius 1 is 1.47 bits per heavy atom. The minimum absolute atomic E-state index is 0.135. The van der Waals surface area contributed by atoms with Crippen LogP contribution in [0.25, 0.3) is 6.08 Å². The predicted octanol–water partition coefficient (Wildman–Crippen LogP) is 1.47. The summed E-state index contributed by atoms with van der Waals surface area (Å²) in [7, 11) is 0. The van der Waals surface area contributed by atoms with Gasteiger partial charge in [-0.05, 0) is 31.3 Å². The van der Waals surface area contributed by atoms with Crippen molar-refractivity contribution in [1.82, 2.24) is 10.2 Å². The molecule has 1 heterocycles. The van der Waals surface area contributed by atoms with Crippen LogP contribution < -0.4 is 5.32 Å². The number of hydrogen-bond donors (Lipinski definition) is 2. The van der Waals surface area contributed by atoms with E-state index >= 15 is 0 Å². The van der Waals surface area contributed by atoms with E-state index in [1.807, 2.05) is 6.92 Å². The van der Waals surface area contributed by atoms with Crippen molar-refractivity contribution in [2.45, 2.75) is 6.92 Å². The zero-order valence-corrected chi connectivity index (χ0v) is 10.1. The number of phenolic OH excluding ortho intramolecular Hbond substituents is 1. The van der Waals surface area contributed by atoms with Crippen molar-refractivity contribution in [2.24, 2.45) is 0 Å². The molecule has 5 heteroatoms. The standard InChI is InChI=1S/C12H12N2O2S/c1-2-14-11(16)9(13-12(14)17)7-8-5-3-4-6-10(8)15/h3-7,15H,2H2,1H3,(H,13,17)/b9-7-. The molecule has 0 atom stereocenters. The summed E-state index contributed by atoms with van der Waals surface area (Å²) in [5.41, 5.74) is 0.974. The zero-order valence-electron chi connectivity index (χ0n) is 9.30. The fourth-order valence-corrected chi connectivity index (χ4v) is 1.95. The lowest BCUT2D eigenvalue weighted by Crippen LogP contribution is -2.30. The van der Waals surface area contributed by atoms with Crippen LogP contribution in [0.4, 0.5) is 0 Å². The van der Waals surface area contributed by atoms with E-state index in [4.69, 9.17) is 12.2 Å². The van der Waals surface area contributed by atoms with Gasteiger partial charge >= 0.3 is 0 Å². The molecule has 0 aromatic heterocycles. The van der Waals surface area contributed by atoms with Crippen LogP contribution in [0.1, 0.15) is 12.5 Å². The number of benzene rings is 1. The van der Waals surface area contributed by atoms with Gasteiger partial charge in [-0.1, -0.05) is 18.2 Å². The van der Waals surface area contributed by atoms with E-state index in [2.05, 4.69) is 5.32 Å². The van der Waals surface area contributed by atoms with Gasteiger partial charge < -0.3 is 10.4 Å². The summed E-state index contributed by atoms with van der Waals surface area (Å²) in [6, 6.07) is 6.82. The fourth-order valence-electron chi connectivity index (χ4n) is 1.62. The van der Waals surface area contributed by atoms with Crippen molar-refractivity contribution in [3.63, 3.8) is 0 Å². The lowest BCUT2D eigenvalue weighted by atomic mass is 10.1. The molecule has 0 spiro atoms. The molecule has 17 heavy (non-hydrogen) atoms. The molecule has 2 N–H and O–H groups in total. The van der Waals surface area contributed by atoms with Crippen LogP contribution in [0.2, 0.25) is 0 Å². The molecule has 1 aromatic carbocycles. The minimum Gasteiger partial charge on any atom is -0.507 e. The van der Waals surface area contributed by atoms with Crippen LogP contribution in [0.15, 0.2) is 30.0 Å². The van der Waals surface area contributed by atoms with Gasteiger partial charge in [0.15, 0.2) is 5.11 Å². The highest BCUT2D eigenvalue weighted by Crippen LogP contribution is 2.20. The van der Waals surface area contributed by atoms with Gasteiger partial charge in [-0.2, -0.15) is 0 Å². The van der Waals surface area contributed by atoms with Crippen molar-refractivity contribution in [2.75, 3.05) is 6.54 Å². The number of carbonyl (C=O) groups excluding carboxylic acids is 1. The molecule has 2 rings (SSSR count).